The number of benzene rings is 1. The Hall–Kier alpha value is -1.59. The van der Waals surface area contributed by atoms with Crippen LogP contribution in [0.2, 0.25) is 5.02 Å². The van der Waals surface area contributed by atoms with E-state index in [1.807, 2.05) is 43.3 Å². The number of likely N-dealkylation sites (tertiary alicyclic amines) is 1. The molecule has 130 valence electrons. The highest BCUT2D eigenvalue weighted by molar-refractivity contribution is 6.30. The van der Waals surface area contributed by atoms with Crippen molar-refractivity contribution in [2.24, 2.45) is 5.92 Å². The average molecular weight is 350 g/mol. The second kappa shape index (κ2) is 6.73. The Balaban J connectivity index is 1.59. The maximum Gasteiger partial charge on any atom is 0.226 e. The van der Waals surface area contributed by atoms with E-state index in [1.54, 1.807) is 4.90 Å². The standard InChI is InChI=1S/C18H24ClN3O2/c1-21(2)9-10-22-12-13(11-16(22)23)17(24)20-18(7-8-18)14-3-5-15(19)6-4-14/h3-6,13H,7-12H2,1-2H3,(H,20,24)/t13-/m1/s1. The fourth-order valence-electron chi connectivity index (χ4n) is 3.20. The van der Waals surface area contributed by atoms with E-state index in [4.69, 9.17) is 11.6 Å². The maximum atomic E-state index is 12.6. The fraction of sp³-hybridized carbons (Fsp3) is 0.556. The number of hydrogen-bond acceptors (Lipinski definition) is 3. The Morgan fingerprint density at radius 2 is 2.00 bits per heavy atom. The molecular weight excluding hydrogens is 326 g/mol. The molecule has 24 heavy (non-hydrogen) atoms. The van der Waals surface area contributed by atoms with Crippen LogP contribution in [0.1, 0.15) is 24.8 Å². The Bertz CT molecular complexity index is 626. The number of nitrogens with zero attached hydrogens (tertiary/aromatic N) is 2. The lowest BCUT2D eigenvalue weighted by molar-refractivity contribution is -0.129. The number of carbonyl (C=O) groups excluding carboxylic acids is 2. The first-order valence-electron chi connectivity index (χ1n) is 8.40. The SMILES string of the molecule is CN(C)CCN1C[C@H](C(=O)NC2(c3ccc(Cl)cc3)CC2)CC1=O. The molecule has 1 aliphatic heterocycles. The van der Waals surface area contributed by atoms with E-state index >= 15 is 0 Å². The summed E-state index contributed by atoms with van der Waals surface area (Å²) in [5.41, 5.74) is 0.830. The van der Waals surface area contributed by atoms with Crippen LogP contribution in [0.15, 0.2) is 24.3 Å². The second-order valence-corrected chi connectivity index (χ2v) is 7.56. The average Bonchev–Trinajstić information content (AvgIpc) is 3.21. The zero-order valence-electron chi connectivity index (χ0n) is 14.2. The van der Waals surface area contributed by atoms with Crippen LogP contribution in [0.5, 0.6) is 0 Å². The van der Waals surface area contributed by atoms with Gasteiger partial charge < -0.3 is 15.1 Å². The van der Waals surface area contributed by atoms with Gasteiger partial charge in [0.15, 0.2) is 0 Å². The van der Waals surface area contributed by atoms with Gasteiger partial charge in [0, 0.05) is 31.1 Å². The van der Waals surface area contributed by atoms with Crippen LogP contribution in [-0.4, -0.2) is 55.3 Å². The molecule has 2 amide bonds. The molecule has 2 aliphatic rings. The minimum Gasteiger partial charge on any atom is -0.346 e. The predicted octanol–water partition coefficient (Wildman–Crippen LogP) is 1.86. The third kappa shape index (κ3) is 3.73. The van der Waals surface area contributed by atoms with Crippen molar-refractivity contribution in [1.29, 1.82) is 0 Å². The van der Waals surface area contributed by atoms with Crippen LogP contribution in [0.3, 0.4) is 0 Å². The van der Waals surface area contributed by atoms with Gasteiger partial charge in [0.1, 0.15) is 0 Å². The molecule has 0 unspecified atom stereocenters. The summed E-state index contributed by atoms with van der Waals surface area (Å²) in [6.45, 7) is 2.02. The smallest absolute Gasteiger partial charge is 0.226 e. The Labute approximate surface area is 147 Å². The predicted molar refractivity (Wildman–Crippen MR) is 93.7 cm³/mol. The monoisotopic (exact) mass is 349 g/mol. The molecule has 1 aliphatic carbocycles. The first kappa shape index (κ1) is 17.2. The van der Waals surface area contributed by atoms with Crippen molar-refractivity contribution in [2.45, 2.75) is 24.8 Å². The number of amides is 2. The molecule has 1 atom stereocenters. The summed E-state index contributed by atoms with van der Waals surface area (Å²) >= 11 is 5.94. The second-order valence-electron chi connectivity index (χ2n) is 7.12. The minimum atomic E-state index is -0.262. The molecule has 1 saturated carbocycles. The van der Waals surface area contributed by atoms with Crippen molar-refractivity contribution in [3.63, 3.8) is 0 Å². The molecule has 1 aromatic rings. The number of carbonyl (C=O) groups is 2. The van der Waals surface area contributed by atoms with Gasteiger partial charge in [-0.05, 0) is 44.6 Å². The number of nitrogens with one attached hydrogen (secondary N) is 1. The first-order valence-corrected chi connectivity index (χ1v) is 8.78. The van der Waals surface area contributed by atoms with E-state index in [0.29, 0.717) is 24.5 Å². The lowest BCUT2D eigenvalue weighted by Crippen LogP contribution is -2.40. The number of likely N-dealkylation sites (N-methyl/N-ethyl adjacent to an activating group) is 1. The van der Waals surface area contributed by atoms with E-state index in [-0.39, 0.29) is 23.3 Å². The summed E-state index contributed by atoms with van der Waals surface area (Å²) in [6, 6.07) is 7.65. The Kier molecular flexibility index (Phi) is 4.83. The highest BCUT2D eigenvalue weighted by Gasteiger charge is 2.47. The van der Waals surface area contributed by atoms with Crippen LogP contribution in [-0.2, 0) is 15.1 Å². The van der Waals surface area contributed by atoms with Gasteiger partial charge in [0.05, 0.1) is 11.5 Å². The lowest BCUT2D eigenvalue weighted by Gasteiger charge is -2.21. The number of halogens is 1. The summed E-state index contributed by atoms with van der Waals surface area (Å²) in [7, 11) is 3.96. The van der Waals surface area contributed by atoms with Gasteiger partial charge in [-0.3, -0.25) is 9.59 Å². The van der Waals surface area contributed by atoms with Gasteiger partial charge in [0.2, 0.25) is 11.8 Å². The number of hydrogen-bond donors (Lipinski definition) is 1. The highest BCUT2D eigenvalue weighted by atomic mass is 35.5. The van der Waals surface area contributed by atoms with Crippen molar-refractivity contribution >= 4 is 23.4 Å². The molecule has 0 bridgehead atoms. The molecule has 0 spiro atoms. The van der Waals surface area contributed by atoms with Gasteiger partial charge in [-0.25, -0.2) is 0 Å². The molecule has 1 aromatic carbocycles. The summed E-state index contributed by atoms with van der Waals surface area (Å²) in [6.07, 6.45) is 2.19. The molecule has 5 nitrogen and oxygen atoms in total. The summed E-state index contributed by atoms with van der Waals surface area (Å²) in [4.78, 5) is 28.6. The van der Waals surface area contributed by atoms with E-state index in [9.17, 15) is 9.59 Å². The van der Waals surface area contributed by atoms with Crippen LogP contribution in [0.25, 0.3) is 0 Å². The molecule has 3 rings (SSSR count). The van der Waals surface area contributed by atoms with Crippen LogP contribution >= 0.6 is 11.6 Å². The number of rotatable bonds is 6. The van der Waals surface area contributed by atoms with E-state index in [1.165, 1.54) is 0 Å². The van der Waals surface area contributed by atoms with Crippen molar-refractivity contribution in [2.75, 3.05) is 33.7 Å². The zero-order chi connectivity index (χ0) is 17.3. The van der Waals surface area contributed by atoms with Gasteiger partial charge in [-0.2, -0.15) is 0 Å². The molecule has 1 N–H and O–H groups in total. The van der Waals surface area contributed by atoms with Crippen molar-refractivity contribution in [1.82, 2.24) is 15.1 Å². The Morgan fingerprint density at radius 3 is 2.58 bits per heavy atom. The first-order chi connectivity index (χ1) is 11.4. The lowest BCUT2D eigenvalue weighted by atomic mass is 10.0. The Morgan fingerprint density at radius 1 is 1.33 bits per heavy atom. The maximum absolute atomic E-state index is 12.6. The quantitative estimate of drug-likeness (QED) is 0.852. The third-order valence-corrected chi connectivity index (χ3v) is 5.16. The van der Waals surface area contributed by atoms with E-state index in [2.05, 4.69) is 5.32 Å². The third-order valence-electron chi connectivity index (χ3n) is 4.91. The van der Waals surface area contributed by atoms with Crippen LogP contribution in [0.4, 0.5) is 0 Å². The normalized spacial score (nSPS) is 22.1. The summed E-state index contributed by atoms with van der Waals surface area (Å²) < 4.78 is 0. The topological polar surface area (TPSA) is 52.6 Å². The van der Waals surface area contributed by atoms with Crippen LogP contribution in [0, 0.1) is 5.92 Å². The van der Waals surface area contributed by atoms with Gasteiger partial charge in [-0.1, -0.05) is 23.7 Å². The van der Waals surface area contributed by atoms with Crippen LogP contribution < -0.4 is 5.32 Å². The molecule has 1 heterocycles. The molecule has 2 fully saturated rings. The fourth-order valence-corrected chi connectivity index (χ4v) is 3.33. The summed E-state index contributed by atoms with van der Waals surface area (Å²) in [5.74, 6) is -0.180. The van der Waals surface area contributed by atoms with E-state index in [0.717, 1.165) is 24.9 Å². The molecule has 6 heteroatoms. The van der Waals surface area contributed by atoms with E-state index < -0.39 is 0 Å². The molecule has 1 saturated heterocycles. The summed E-state index contributed by atoms with van der Waals surface area (Å²) in [5, 5.41) is 3.87. The highest BCUT2D eigenvalue weighted by Crippen LogP contribution is 2.46. The largest absolute Gasteiger partial charge is 0.346 e. The minimum absolute atomic E-state index is 0.0110. The zero-order valence-corrected chi connectivity index (χ0v) is 15.0. The molecule has 0 radical (unpaired) electrons. The van der Waals surface area contributed by atoms with Crippen molar-refractivity contribution in [3.8, 4) is 0 Å². The van der Waals surface area contributed by atoms with Gasteiger partial charge in [-0.15, -0.1) is 0 Å². The molecular formula is C18H24ClN3O2. The molecule has 0 aromatic heterocycles. The van der Waals surface area contributed by atoms with Gasteiger partial charge >= 0.3 is 0 Å². The van der Waals surface area contributed by atoms with Crippen molar-refractivity contribution in [3.05, 3.63) is 34.9 Å². The van der Waals surface area contributed by atoms with Crippen molar-refractivity contribution < 1.29 is 9.59 Å². The van der Waals surface area contributed by atoms with Gasteiger partial charge in [0.25, 0.3) is 0 Å².